The lowest BCUT2D eigenvalue weighted by atomic mass is 9.97. The van der Waals surface area contributed by atoms with Crippen molar-refractivity contribution >= 4 is 0 Å². The van der Waals surface area contributed by atoms with Crippen LogP contribution in [0.15, 0.2) is 17.8 Å². The molecule has 0 bridgehead atoms. The van der Waals surface area contributed by atoms with E-state index in [1.54, 1.807) is 6.08 Å². The first-order valence-electron chi connectivity index (χ1n) is 3.16. The molecule has 0 heterocycles. The molecule has 0 unspecified atom stereocenters. The molecule has 0 amide bonds. The maximum Gasteiger partial charge on any atom is 0.324 e. The zero-order chi connectivity index (χ0) is 8.20. The summed E-state index contributed by atoms with van der Waals surface area (Å²) in [6, 6.07) is 0. The number of ether oxygens (including phenoxy) is 1. The molecule has 2 nitrogen and oxygen atoms in total. The third-order valence-electron chi connectivity index (χ3n) is 0.822. The van der Waals surface area contributed by atoms with E-state index < -0.39 is 0 Å². The Morgan fingerprint density at radius 2 is 2.00 bits per heavy atom. The topological polar surface area (TPSA) is 29.5 Å². The average Bonchev–Trinajstić information content (AvgIpc) is 1.81. The minimum Gasteiger partial charge on any atom is -0.475 e. The number of hydrogen-bond donors (Lipinski definition) is 1. The summed E-state index contributed by atoms with van der Waals surface area (Å²) in [5, 5.41) is 8.77. The van der Waals surface area contributed by atoms with E-state index in [-0.39, 0.29) is 11.4 Å². The fraction of sp³-hybridized carbons (Fsp3) is 0.625. The maximum absolute atomic E-state index is 8.77. The van der Waals surface area contributed by atoms with Gasteiger partial charge in [-0.15, -0.1) is 0 Å². The molecule has 1 N–H and O–H groups in total. The Morgan fingerprint density at radius 1 is 1.50 bits per heavy atom. The number of methoxy groups -OCH3 is 1. The van der Waals surface area contributed by atoms with Crippen molar-refractivity contribution in [2.45, 2.75) is 20.8 Å². The van der Waals surface area contributed by atoms with Crippen molar-refractivity contribution in [2.24, 2.45) is 5.41 Å². The number of hydrogen-bond acceptors (Lipinski definition) is 2. The molecule has 0 aromatic carbocycles. The molecule has 0 spiro atoms. The van der Waals surface area contributed by atoms with E-state index in [0.29, 0.717) is 0 Å². The van der Waals surface area contributed by atoms with Crippen molar-refractivity contribution in [2.75, 3.05) is 7.11 Å². The van der Waals surface area contributed by atoms with Crippen molar-refractivity contribution in [3.63, 3.8) is 0 Å². The van der Waals surface area contributed by atoms with Crippen LogP contribution in [0.25, 0.3) is 0 Å². The number of aliphatic hydroxyl groups is 1. The largest absolute Gasteiger partial charge is 0.475 e. The number of rotatable bonds is 1. The molecule has 0 aromatic rings. The molecule has 0 rings (SSSR count). The predicted octanol–water partition coefficient (Wildman–Crippen LogP) is 2.23. The van der Waals surface area contributed by atoms with Crippen LogP contribution in [0.1, 0.15) is 20.8 Å². The lowest BCUT2D eigenvalue weighted by Gasteiger charge is -2.08. The van der Waals surface area contributed by atoms with Crippen LogP contribution in [0, 0.1) is 5.41 Å². The van der Waals surface area contributed by atoms with Crippen LogP contribution in [0.2, 0.25) is 0 Å². The average molecular weight is 142 g/mol. The molecule has 0 aromatic heterocycles. The van der Waals surface area contributed by atoms with Crippen LogP contribution in [-0.2, 0) is 4.74 Å². The van der Waals surface area contributed by atoms with Crippen molar-refractivity contribution in [1.82, 2.24) is 0 Å². The van der Waals surface area contributed by atoms with Gasteiger partial charge in [-0.05, 0) is 17.2 Å². The molecular formula is C8H14O2. The maximum atomic E-state index is 8.77. The second-order valence-corrected chi connectivity index (χ2v) is 3.16. The minimum atomic E-state index is -0.171. The number of allylic oxidation sites excluding steroid dienone is 1. The summed E-state index contributed by atoms with van der Waals surface area (Å²) in [7, 11) is 1.40. The van der Waals surface area contributed by atoms with Crippen molar-refractivity contribution < 1.29 is 9.84 Å². The minimum absolute atomic E-state index is 0.0342. The zero-order valence-corrected chi connectivity index (χ0v) is 6.93. The molecule has 0 radical (unpaired) electrons. The summed E-state index contributed by atoms with van der Waals surface area (Å²) in [5.41, 5.74) is 2.63. The Labute approximate surface area is 61.8 Å². The van der Waals surface area contributed by atoms with Gasteiger partial charge in [0.2, 0.25) is 0 Å². The highest BCUT2D eigenvalue weighted by atomic mass is 16.6. The van der Waals surface area contributed by atoms with Gasteiger partial charge in [0, 0.05) is 0 Å². The van der Waals surface area contributed by atoms with Gasteiger partial charge in [0.05, 0.1) is 7.11 Å². The molecule has 10 heavy (non-hydrogen) atoms. The van der Waals surface area contributed by atoms with E-state index >= 15 is 0 Å². The molecule has 0 saturated carbocycles. The molecule has 0 aliphatic rings. The van der Waals surface area contributed by atoms with Crippen LogP contribution in [0.5, 0.6) is 0 Å². The van der Waals surface area contributed by atoms with Crippen LogP contribution in [-0.4, -0.2) is 12.2 Å². The second kappa shape index (κ2) is 3.33. The highest BCUT2D eigenvalue weighted by molar-refractivity contribution is 4.92. The van der Waals surface area contributed by atoms with Gasteiger partial charge in [0.25, 0.3) is 0 Å². The Kier molecular flexibility index (Phi) is 3.04. The molecule has 0 fully saturated rings. The summed E-state index contributed by atoms with van der Waals surface area (Å²) >= 11 is 0. The van der Waals surface area contributed by atoms with E-state index in [4.69, 9.17) is 5.11 Å². The van der Waals surface area contributed by atoms with Crippen molar-refractivity contribution in [3.05, 3.63) is 17.8 Å². The highest BCUT2D eigenvalue weighted by Gasteiger charge is 2.02. The number of aliphatic hydroxyl groups excluding tert-OH is 1. The first-order chi connectivity index (χ1) is 4.45. The van der Waals surface area contributed by atoms with E-state index in [1.165, 1.54) is 7.11 Å². The van der Waals surface area contributed by atoms with Gasteiger partial charge >= 0.3 is 5.95 Å². The summed E-state index contributed by atoms with van der Waals surface area (Å²) < 4.78 is 4.48. The summed E-state index contributed by atoms with van der Waals surface area (Å²) in [5.74, 6) is -0.171. The van der Waals surface area contributed by atoms with Crippen LogP contribution < -0.4 is 0 Å². The molecular weight excluding hydrogens is 128 g/mol. The third-order valence-corrected chi connectivity index (χ3v) is 0.822. The highest BCUT2D eigenvalue weighted by Crippen LogP contribution is 2.13. The van der Waals surface area contributed by atoms with Gasteiger partial charge in [0.15, 0.2) is 0 Å². The van der Waals surface area contributed by atoms with Gasteiger partial charge in [-0.2, -0.15) is 0 Å². The van der Waals surface area contributed by atoms with E-state index in [1.807, 2.05) is 20.8 Å². The summed E-state index contributed by atoms with van der Waals surface area (Å²) in [6.45, 7) is 6.05. The normalized spacial score (nSPS) is 10.0. The van der Waals surface area contributed by atoms with Gasteiger partial charge in [-0.1, -0.05) is 20.8 Å². The summed E-state index contributed by atoms with van der Waals surface area (Å²) in [6.07, 6.45) is 1.76. The van der Waals surface area contributed by atoms with Gasteiger partial charge in [-0.25, -0.2) is 0 Å². The Balaban J connectivity index is 4.23. The van der Waals surface area contributed by atoms with E-state index in [2.05, 4.69) is 10.5 Å². The van der Waals surface area contributed by atoms with E-state index in [9.17, 15) is 0 Å². The van der Waals surface area contributed by atoms with Gasteiger partial charge in [0.1, 0.15) is 0 Å². The van der Waals surface area contributed by atoms with Crippen molar-refractivity contribution in [3.8, 4) is 0 Å². The third kappa shape index (κ3) is 5.26. The Hall–Kier alpha value is -0.880. The predicted molar refractivity (Wildman–Crippen MR) is 40.7 cm³/mol. The smallest absolute Gasteiger partial charge is 0.324 e. The standard InChI is InChI=1S/C8H14O2/c1-8(2,3)6-5-7(9)10-4/h6,9H,1-4H3. The first kappa shape index (κ1) is 9.12. The fourth-order valence-corrected chi connectivity index (χ4v) is 0.337. The van der Waals surface area contributed by atoms with Crippen LogP contribution in [0.4, 0.5) is 0 Å². The Morgan fingerprint density at radius 3 is 2.30 bits per heavy atom. The molecule has 58 valence electrons. The van der Waals surface area contributed by atoms with E-state index in [0.717, 1.165) is 0 Å². The monoisotopic (exact) mass is 142 g/mol. The molecule has 0 aliphatic carbocycles. The summed E-state index contributed by atoms with van der Waals surface area (Å²) in [4.78, 5) is 0. The molecule has 2 heteroatoms. The lowest BCUT2D eigenvalue weighted by Crippen LogP contribution is -1.97. The first-order valence-corrected chi connectivity index (χ1v) is 3.16. The molecule has 0 saturated heterocycles. The lowest BCUT2D eigenvalue weighted by molar-refractivity contribution is 0.137. The van der Waals surface area contributed by atoms with Gasteiger partial charge in [-0.3, -0.25) is 0 Å². The quantitative estimate of drug-likeness (QED) is 0.449. The zero-order valence-electron chi connectivity index (χ0n) is 6.93. The van der Waals surface area contributed by atoms with Crippen molar-refractivity contribution in [1.29, 1.82) is 0 Å². The molecule has 0 atom stereocenters. The SMILES string of the molecule is COC(O)=C=CC(C)(C)C. The fourth-order valence-electron chi connectivity index (χ4n) is 0.337. The van der Waals surface area contributed by atoms with Crippen LogP contribution in [0.3, 0.4) is 0 Å². The van der Waals surface area contributed by atoms with Crippen LogP contribution >= 0.6 is 0 Å². The van der Waals surface area contributed by atoms with Gasteiger partial charge < -0.3 is 9.84 Å². The Bertz CT molecular complexity index is 157. The molecule has 0 aliphatic heterocycles. The second-order valence-electron chi connectivity index (χ2n) is 3.16.